The van der Waals surface area contributed by atoms with Gasteiger partial charge in [-0.2, -0.15) is 0 Å². The smallest absolute Gasteiger partial charge is 0.406 e. The molecule has 2 fully saturated rings. The second-order valence-corrected chi connectivity index (χ2v) is 7.50. The first-order valence-electron chi connectivity index (χ1n) is 9.07. The van der Waals surface area contributed by atoms with Crippen molar-refractivity contribution in [2.45, 2.75) is 63.8 Å². The van der Waals surface area contributed by atoms with Gasteiger partial charge in [-0.25, -0.2) is 0 Å². The van der Waals surface area contributed by atoms with E-state index in [0.717, 1.165) is 19.3 Å². The van der Waals surface area contributed by atoms with Crippen molar-refractivity contribution in [2.75, 3.05) is 11.4 Å². The van der Waals surface area contributed by atoms with Crippen molar-refractivity contribution in [3.8, 4) is 5.75 Å². The van der Waals surface area contributed by atoms with Gasteiger partial charge in [-0.15, -0.1) is 13.2 Å². The molecule has 1 aromatic carbocycles. The number of rotatable bonds is 4. The van der Waals surface area contributed by atoms with Crippen LogP contribution in [0.15, 0.2) is 24.3 Å². The number of halogens is 3. The van der Waals surface area contributed by atoms with E-state index in [4.69, 9.17) is 0 Å². The van der Waals surface area contributed by atoms with Gasteiger partial charge in [0.15, 0.2) is 0 Å². The number of carbonyl (C=O) groups is 1. The number of nitrogens with zero attached hydrogens (tertiary/aromatic N) is 1. The molecule has 1 saturated carbocycles. The van der Waals surface area contributed by atoms with E-state index in [2.05, 4.69) is 4.74 Å². The maximum absolute atomic E-state index is 13.0. The molecule has 7 heteroatoms. The number of benzene rings is 1. The van der Waals surface area contributed by atoms with Gasteiger partial charge >= 0.3 is 6.36 Å². The summed E-state index contributed by atoms with van der Waals surface area (Å²) in [5.74, 6) is -0.287. The van der Waals surface area contributed by atoms with Crippen molar-refractivity contribution in [3.05, 3.63) is 24.3 Å². The normalized spacial score (nSPS) is 29.4. The molecule has 26 heavy (non-hydrogen) atoms. The van der Waals surface area contributed by atoms with Crippen molar-refractivity contribution in [1.29, 1.82) is 0 Å². The third-order valence-corrected chi connectivity index (χ3v) is 5.75. The highest BCUT2D eigenvalue weighted by molar-refractivity contribution is 6.00. The van der Waals surface area contributed by atoms with Crippen LogP contribution in [0.5, 0.6) is 5.75 Å². The summed E-state index contributed by atoms with van der Waals surface area (Å²) in [6, 6.07) is 5.41. The Morgan fingerprint density at radius 1 is 1.12 bits per heavy atom. The fraction of sp³-hybridized carbons (Fsp3) is 0.632. The van der Waals surface area contributed by atoms with Crippen LogP contribution in [0.3, 0.4) is 0 Å². The molecule has 0 atom stereocenters. The van der Waals surface area contributed by atoms with Crippen LogP contribution < -0.4 is 9.64 Å². The number of aliphatic hydroxyl groups is 1. The summed E-state index contributed by atoms with van der Waals surface area (Å²) in [7, 11) is 0. The Balaban J connectivity index is 1.68. The second kappa shape index (κ2) is 6.76. The number of carbonyl (C=O) groups excluding carboxylic acids is 1. The monoisotopic (exact) mass is 371 g/mol. The number of hydrogen-bond donors (Lipinski definition) is 1. The zero-order valence-corrected chi connectivity index (χ0v) is 14.8. The second-order valence-electron chi connectivity index (χ2n) is 7.50. The molecule has 4 nitrogen and oxygen atoms in total. The van der Waals surface area contributed by atoms with E-state index in [1.807, 2.05) is 6.92 Å². The molecular weight excluding hydrogens is 347 g/mol. The van der Waals surface area contributed by atoms with Crippen molar-refractivity contribution in [2.24, 2.45) is 5.41 Å². The zero-order valence-electron chi connectivity index (χ0n) is 14.8. The van der Waals surface area contributed by atoms with E-state index in [9.17, 15) is 23.1 Å². The van der Waals surface area contributed by atoms with Gasteiger partial charge in [0, 0.05) is 12.2 Å². The molecule has 0 radical (unpaired) electrons. The minimum absolute atomic E-state index is 0.0144. The number of ether oxygens (including phenoxy) is 1. The van der Waals surface area contributed by atoms with Crippen LogP contribution in [0.25, 0.3) is 0 Å². The lowest BCUT2D eigenvalue weighted by Crippen LogP contribution is -2.43. The number of alkyl halides is 3. The molecule has 1 spiro atoms. The van der Waals surface area contributed by atoms with E-state index >= 15 is 0 Å². The average molecular weight is 371 g/mol. The Labute approximate surface area is 150 Å². The number of amides is 1. The summed E-state index contributed by atoms with van der Waals surface area (Å²) < 4.78 is 40.6. The molecule has 3 rings (SSSR count). The third kappa shape index (κ3) is 3.82. The van der Waals surface area contributed by atoms with Crippen molar-refractivity contribution < 1.29 is 27.8 Å². The quantitative estimate of drug-likeness (QED) is 0.853. The first-order chi connectivity index (χ1) is 12.2. The summed E-state index contributed by atoms with van der Waals surface area (Å²) >= 11 is 0. The first kappa shape index (κ1) is 19.0. The van der Waals surface area contributed by atoms with Crippen molar-refractivity contribution in [1.82, 2.24) is 0 Å². The van der Waals surface area contributed by atoms with Crippen molar-refractivity contribution >= 4 is 11.6 Å². The fourth-order valence-electron chi connectivity index (χ4n) is 4.27. The highest BCUT2D eigenvalue weighted by atomic mass is 19.4. The summed E-state index contributed by atoms with van der Waals surface area (Å²) in [6.07, 6.45) is 0.221. The molecule has 1 heterocycles. The van der Waals surface area contributed by atoms with E-state index in [-0.39, 0.29) is 11.7 Å². The Hall–Kier alpha value is -1.76. The summed E-state index contributed by atoms with van der Waals surface area (Å²) in [6.45, 7) is 2.58. The molecule has 1 N–H and O–H groups in total. The van der Waals surface area contributed by atoms with E-state index in [1.165, 1.54) is 24.3 Å². The molecular formula is C19H24F3NO3. The highest BCUT2D eigenvalue weighted by Crippen LogP contribution is 2.49. The van der Waals surface area contributed by atoms with Crippen LogP contribution in [0.4, 0.5) is 18.9 Å². The summed E-state index contributed by atoms with van der Waals surface area (Å²) in [5.41, 5.74) is -0.526. The van der Waals surface area contributed by atoms with E-state index in [0.29, 0.717) is 37.9 Å². The minimum atomic E-state index is -4.73. The van der Waals surface area contributed by atoms with Gasteiger partial charge in [-0.05, 0) is 62.8 Å². The molecule has 1 amide bonds. The summed E-state index contributed by atoms with van der Waals surface area (Å²) in [5, 5.41) is 10.6. The van der Waals surface area contributed by atoms with Crippen LogP contribution >= 0.6 is 0 Å². The van der Waals surface area contributed by atoms with Crippen LogP contribution in [-0.2, 0) is 4.79 Å². The maximum Gasteiger partial charge on any atom is 0.573 e. The summed E-state index contributed by atoms with van der Waals surface area (Å²) in [4.78, 5) is 14.6. The Morgan fingerprint density at radius 2 is 1.73 bits per heavy atom. The van der Waals surface area contributed by atoms with Gasteiger partial charge in [-0.1, -0.05) is 13.3 Å². The lowest BCUT2D eigenvalue weighted by atomic mass is 9.67. The Morgan fingerprint density at radius 3 is 2.27 bits per heavy atom. The zero-order chi connectivity index (χ0) is 19.0. The molecule has 0 bridgehead atoms. The van der Waals surface area contributed by atoms with Crippen LogP contribution in [0.2, 0.25) is 0 Å². The largest absolute Gasteiger partial charge is 0.573 e. The van der Waals surface area contributed by atoms with Crippen LogP contribution in [0, 0.1) is 5.41 Å². The van der Waals surface area contributed by atoms with Crippen molar-refractivity contribution in [3.63, 3.8) is 0 Å². The molecule has 0 unspecified atom stereocenters. The molecule has 1 saturated heterocycles. The average Bonchev–Trinajstić information content (AvgIpc) is 2.88. The van der Waals surface area contributed by atoms with Gasteiger partial charge in [0.2, 0.25) is 5.91 Å². The van der Waals surface area contributed by atoms with Gasteiger partial charge < -0.3 is 14.7 Å². The number of anilines is 1. The molecule has 144 valence electrons. The van der Waals surface area contributed by atoms with Crippen LogP contribution in [0.1, 0.15) is 51.9 Å². The fourth-order valence-corrected chi connectivity index (χ4v) is 4.27. The maximum atomic E-state index is 13.0. The van der Waals surface area contributed by atoms with Crippen LogP contribution in [-0.4, -0.2) is 29.5 Å². The minimum Gasteiger partial charge on any atom is -0.406 e. The molecule has 2 aliphatic rings. The molecule has 1 aromatic rings. The Kier molecular flexibility index (Phi) is 4.94. The van der Waals surface area contributed by atoms with E-state index < -0.39 is 17.4 Å². The third-order valence-electron chi connectivity index (χ3n) is 5.75. The number of hydrogen-bond acceptors (Lipinski definition) is 3. The lowest BCUT2D eigenvalue weighted by Gasteiger charge is -2.41. The topological polar surface area (TPSA) is 49.8 Å². The molecule has 1 aliphatic heterocycles. The van der Waals surface area contributed by atoms with Gasteiger partial charge in [0.05, 0.1) is 11.0 Å². The lowest BCUT2D eigenvalue weighted by molar-refractivity contribution is -0.274. The molecule has 0 aromatic heterocycles. The predicted molar refractivity (Wildman–Crippen MR) is 90.9 cm³/mol. The highest BCUT2D eigenvalue weighted by Gasteiger charge is 2.51. The Bertz CT molecular complexity index is 649. The van der Waals surface area contributed by atoms with Gasteiger partial charge in [0.25, 0.3) is 0 Å². The standard InChI is InChI=1S/C19H24F3NO3/c1-2-7-18(25)10-8-17(9-11-18)12-13-23(16(17)24)14-3-5-15(6-4-14)26-19(20,21)22/h3-6,25H,2,7-13H2,1H3/t17-,18+. The SMILES string of the molecule is CCC[C@]1(O)CC[C@]2(CCN(c3ccc(OC(F)(F)F)cc3)C2=O)CC1. The predicted octanol–water partition coefficient (Wildman–Crippen LogP) is 4.41. The van der Waals surface area contributed by atoms with E-state index in [1.54, 1.807) is 4.90 Å². The van der Waals surface area contributed by atoms with Gasteiger partial charge in [-0.3, -0.25) is 4.79 Å². The van der Waals surface area contributed by atoms with Gasteiger partial charge in [0.1, 0.15) is 5.75 Å². The first-order valence-corrected chi connectivity index (χ1v) is 9.07. The molecule has 1 aliphatic carbocycles.